The fourth-order valence-corrected chi connectivity index (χ4v) is 1.14. The molecule has 1 rings (SSSR count). The predicted octanol–water partition coefficient (Wildman–Crippen LogP) is 1.70. The van der Waals surface area contributed by atoms with Crippen molar-refractivity contribution >= 4 is 0 Å². The van der Waals surface area contributed by atoms with Crippen molar-refractivity contribution < 1.29 is 0 Å². The maximum atomic E-state index is 3.25. The summed E-state index contributed by atoms with van der Waals surface area (Å²) in [5.74, 6) is 0. The lowest BCUT2D eigenvalue weighted by Gasteiger charge is -1.92. The van der Waals surface area contributed by atoms with Crippen LogP contribution >= 0.6 is 0 Å². The molecule has 0 saturated heterocycles. The molecule has 1 aliphatic rings. The Bertz CT molecular complexity index is 136. The van der Waals surface area contributed by atoms with Gasteiger partial charge in [-0.25, -0.2) is 0 Å². The molecular formula is C8H15N. The number of likely N-dealkylation sites (N-methyl/N-ethyl adjacent to an activating group) is 1. The monoisotopic (exact) mass is 125 g/mol. The van der Waals surface area contributed by atoms with Gasteiger partial charge in [0.1, 0.15) is 0 Å². The van der Waals surface area contributed by atoms with Crippen LogP contribution in [0.25, 0.3) is 0 Å². The van der Waals surface area contributed by atoms with Crippen LogP contribution in [-0.2, 0) is 0 Å². The summed E-state index contributed by atoms with van der Waals surface area (Å²) in [7, 11) is 2.03. The molecule has 1 saturated carbocycles. The van der Waals surface area contributed by atoms with E-state index in [4.69, 9.17) is 0 Å². The van der Waals surface area contributed by atoms with Gasteiger partial charge < -0.3 is 5.32 Å². The molecule has 1 heteroatoms. The van der Waals surface area contributed by atoms with Gasteiger partial charge in [0.2, 0.25) is 0 Å². The summed E-state index contributed by atoms with van der Waals surface area (Å²) < 4.78 is 0. The van der Waals surface area contributed by atoms with Crippen LogP contribution in [0.3, 0.4) is 0 Å². The quantitative estimate of drug-likeness (QED) is 0.554. The number of rotatable bonds is 2. The highest BCUT2D eigenvalue weighted by molar-refractivity contribution is 5.33. The third-order valence-electron chi connectivity index (χ3n) is 2.11. The fraction of sp³-hybridized carbons (Fsp3) is 0.750. The van der Waals surface area contributed by atoms with Crippen LogP contribution in [0.2, 0.25) is 0 Å². The van der Waals surface area contributed by atoms with Crippen molar-refractivity contribution in [3.05, 3.63) is 11.1 Å². The standard InChI is InChI=1S/C8H15N/c1-4-6(2)7-5-8(7)9-3/h8-9H,4-5H2,1-3H3. The minimum Gasteiger partial charge on any atom is -0.313 e. The maximum Gasteiger partial charge on any atom is 0.0317 e. The average Bonchev–Trinajstić information content (AvgIpc) is 2.64. The first-order valence-electron chi connectivity index (χ1n) is 3.65. The van der Waals surface area contributed by atoms with Crippen molar-refractivity contribution in [2.24, 2.45) is 0 Å². The summed E-state index contributed by atoms with van der Waals surface area (Å²) in [6, 6.07) is 0.727. The predicted molar refractivity (Wildman–Crippen MR) is 40.5 cm³/mol. The summed E-state index contributed by atoms with van der Waals surface area (Å²) in [6.45, 7) is 4.44. The van der Waals surface area contributed by atoms with E-state index < -0.39 is 0 Å². The normalized spacial score (nSPS) is 30.3. The number of allylic oxidation sites excluding steroid dienone is 1. The Morgan fingerprint density at radius 3 is 2.78 bits per heavy atom. The molecule has 1 N–H and O–H groups in total. The lowest BCUT2D eigenvalue weighted by atomic mass is 10.2. The lowest BCUT2D eigenvalue weighted by Crippen LogP contribution is -2.08. The van der Waals surface area contributed by atoms with E-state index in [0.29, 0.717) is 0 Å². The summed E-state index contributed by atoms with van der Waals surface area (Å²) in [5, 5.41) is 3.25. The smallest absolute Gasteiger partial charge is 0.0317 e. The molecule has 0 radical (unpaired) electrons. The van der Waals surface area contributed by atoms with Crippen molar-refractivity contribution in [2.75, 3.05) is 7.05 Å². The second-order valence-corrected chi connectivity index (χ2v) is 2.70. The third-order valence-corrected chi connectivity index (χ3v) is 2.11. The van der Waals surface area contributed by atoms with E-state index >= 15 is 0 Å². The average molecular weight is 125 g/mol. The van der Waals surface area contributed by atoms with Gasteiger partial charge in [-0.2, -0.15) is 0 Å². The molecule has 0 aromatic carbocycles. The molecule has 0 aromatic rings. The number of hydrogen-bond donors (Lipinski definition) is 1. The van der Waals surface area contributed by atoms with Gasteiger partial charge in [0.05, 0.1) is 0 Å². The van der Waals surface area contributed by atoms with Crippen LogP contribution in [0.1, 0.15) is 26.7 Å². The molecule has 0 heterocycles. The molecule has 1 aliphatic carbocycles. The maximum absolute atomic E-state index is 3.25. The van der Waals surface area contributed by atoms with Gasteiger partial charge in [-0.15, -0.1) is 0 Å². The SMILES string of the molecule is CCC(C)=C1CC1NC. The van der Waals surface area contributed by atoms with Gasteiger partial charge in [0.25, 0.3) is 0 Å². The summed E-state index contributed by atoms with van der Waals surface area (Å²) in [5.41, 5.74) is 3.22. The first-order valence-corrected chi connectivity index (χ1v) is 3.65. The first-order chi connectivity index (χ1) is 4.29. The molecule has 9 heavy (non-hydrogen) atoms. The van der Waals surface area contributed by atoms with Crippen molar-refractivity contribution in [1.29, 1.82) is 0 Å². The van der Waals surface area contributed by atoms with Crippen molar-refractivity contribution in [2.45, 2.75) is 32.7 Å². The summed E-state index contributed by atoms with van der Waals surface area (Å²) in [4.78, 5) is 0. The topological polar surface area (TPSA) is 12.0 Å². The van der Waals surface area contributed by atoms with E-state index in [9.17, 15) is 0 Å². The van der Waals surface area contributed by atoms with Crippen molar-refractivity contribution in [1.82, 2.24) is 5.32 Å². The zero-order valence-corrected chi connectivity index (χ0v) is 6.49. The van der Waals surface area contributed by atoms with Crippen LogP contribution in [-0.4, -0.2) is 13.1 Å². The Kier molecular flexibility index (Phi) is 1.91. The Balaban J connectivity index is 2.46. The van der Waals surface area contributed by atoms with Crippen molar-refractivity contribution in [3.8, 4) is 0 Å². The van der Waals surface area contributed by atoms with Crippen LogP contribution in [0.15, 0.2) is 11.1 Å². The second kappa shape index (κ2) is 2.53. The molecule has 0 aromatic heterocycles. The molecule has 1 nitrogen and oxygen atoms in total. The number of hydrogen-bond acceptors (Lipinski definition) is 1. The van der Waals surface area contributed by atoms with E-state index in [-0.39, 0.29) is 0 Å². The first kappa shape index (κ1) is 6.81. The minimum atomic E-state index is 0.727. The van der Waals surface area contributed by atoms with E-state index in [1.165, 1.54) is 12.8 Å². The van der Waals surface area contributed by atoms with E-state index in [2.05, 4.69) is 19.2 Å². The van der Waals surface area contributed by atoms with Gasteiger partial charge in [0, 0.05) is 6.04 Å². The molecule has 0 aliphatic heterocycles. The van der Waals surface area contributed by atoms with Gasteiger partial charge in [-0.1, -0.05) is 18.1 Å². The molecule has 0 bridgehead atoms. The van der Waals surface area contributed by atoms with Crippen LogP contribution in [0.5, 0.6) is 0 Å². The van der Waals surface area contributed by atoms with E-state index in [0.717, 1.165) is 6.04 Å². The highest BCUT2D eigenvalue weighted by Gasteiger charge is 2.28. The fourth-order valence-electron chi connectivity index (χ4n) is 1.14. The highest BCUT2D eigenvalue weighted by Crippen LogP contribution is 2.32. The zero-order chi connectivity index (χ0) is 6.85. The van der Waals surface area contributed by atoms with Crippen LogP contribution in [0.4, 0.5) is 0 Å². The molecule has 1 atom stereocenters. The molecule has 0 spiro atoms. The Labute approximate surface area is 57.1 Å². The molecule has 1 fully saturated rings. The van der Waals surface area contributed by atoms with Gasteiger partial charge in [0.15, 0.2) is 0 Å². The molecular weight excluding hydrogens is 110 g/mol. The zero-order valence-electron chi connectivity index (χ0n) is 6.49. The van der Waals surface area contributed by atoms with E-state index in [1.807, 2.05) is 7.05 Å². The van der Waals surface area contributed by atoms with E-state index in [1.54, 1.807) is 11.1 Å². The number of nitrogens with one attached hydrogen (secondary N) is 1. The largest absolute Gasteiger partial charge is 0.313 e. The van der Waals surface area contributed by atoms with Gasteiger partial charge in [-0.3, -0.25) is 0 Å². The Hall–Kier alpha value is -0.300. The van der Waals surface area contributed by atoms with Crippen LogP contribution < -0.4 is 5.32 Å². The lowest BCUT2D eigenvalue weighted by molar-refractivity contribution is 0.828. The van der Waals surface area contributed by atoms with Crippen LogP contribution in [0, 0.1) is 0 Å². The summed E-state index contributed by atoms with van der Waals surface area (Å²) >= 11 is 0. The Morgan fingerprint density at radius 2 is 2.44 bits per heavy atom. The minimum absolute atomic E-state index is 0.727. The molecule has 0 amide bonds. The molecule has 52 valence electrons. The summed E-state index contributed by atoms with van der Waals surface area (Å²) in [6.07, 6.45) is 2.50. The Morgan fingerprint density at radius 1 is 1.78 bits per heavy atom. The highest BCUT2D eigenvalue weighted by atomic mass is 14.9. The van der Waals surface area contributed by atoms with Gasteiger partial charge in [-0.05, 0) is 26.8 Å². The third kappa shape index (κ3) is 1.33. The van der Waals surface area contributed by atoms with Crippen molar-refractivity contribution in [3.63, 3.8) is 0 Å². The van der Waals surface area contributed by atoms with Gasteiger partial charge >= 0.3 is 0 Å². The second-order valence-electron chi connectivity index (χ2n) is 2.70. The molecule has 1 unspecified atom stereocenters.